The highest BCUT2D eigenvalue weighted by Crippen LogP contribution is 2.35. The number of nitrogens with zero attached hydrogens (tertiary/aromatic N) is 2. The molecule has 1 amide bonds. The largest absolute Gasteiger partial charge is 0.379 e. The Bertz CT molecular complexity index is 533. The van der Waals surface area contributed by atoms with E-state index in [0.717, 1.165) is 6.42 Å². The summed E-state index contributed by atoms with van der Waals surface area (Å²) in [4.78, 5) is 24.4. The first kappa shape index (κ1) is 15.1. The molecule has 1 aliphatic heterocycles. The fourth-order valence-corrected chi connectivity index (χ4v) is 2.39. The topological polar surface area (TPSA) is 87.5 Å². The maximum Gasteiger partial charge on any atom is 0.315 e. The molecule has 21 heavy (non-hydrogen) atoms. The molecular formula is C14H20N4O3. The number of benzene rings is 1. The van der Waals surface area contributed by atoms with Gasteiger partial charge in [0.2, 0.25) is 5.91 Å². The Morgan fingerprint density at radius 2 is 2.24 bits per heavy atom. The Hall–Kier alpha value is -2.31. The standard InChI is InChI=1S/C14H20N4O3/c1-2-7-15-11-4-3-5-12(14(11)18(20)21)17-9-6-13(19)16-8-10-17/h3-5,15H,2,6-10H2,1H3,(H,16,19). The lowest BCUT2D eigenvalue weighted by atomic mass is 10.2. The molecule has 0 saturated carbocycles. The fraction of sp³-hybridized carbons (Fsp3) is 0.500. The summed E-state index contributed by atoms with van der Waals surface area (Å²) in [5, 5.41) is 17.3. The number of carbonyl (C=O) groups excluding carboxylic acids is 1. The summed E-state index contributed by atoms with van der Waals surface area (Å²) in [7, 11) is 0. The summed E-state index contributed by atoms with van der Waals surface area (Å²) in [6, 6.07) is 5.27. The number of para-hydroxylation sites is 1. The Labute approximate surface area is 123 Å². The van der Waals surface area contributed by atoms with E-state index in [0.29, 0.717) is 44.0 Å². The van der Waals surface area contributed by atoms with Crippen LogP contribution in [0.25, 0.3) is 0 Å². The Morgan fingerprint density at radius 3 is 2.95 bits per heavy atom. The van der Waals surface area contributed by atoms with Crippen molar-refractivity contribution in [3.63, 3.8) is 0 Å². The van der Waals surface area contributed by atoms with E-state index in [2.05, 4.69) is 10.6 Å². The number of anilines is 2. The number of nitrogens with one attached hydrogen (secondary N) is 2. The van der Waals surface area contributed by atoms with Crippen LogP contribution in [0, 0.1) is 10.1 Å². The van der Waals surface area contributed by atoms with Gasteiger partial charge in [-0.25, -0.2) is 0 Å². The van der Waals surface area contributed by atoms with E-state index in [1.54, 1.807) is 18.2 Å². The van der Waals surface area contributed by atoms with E-state index in [1.807, 2.05) is 11.8 Å². The molecule has 7 heteroatoms. The van der Waals surface area contributed by atoms with Gasteiger partial charge in [-0.3, -0.25) is 14.9 Å². The zero-order valence-electron chi connectivity index (χ0n) is 12.1. The number of hydrogen-bond acceptors (Lipinski definition) is 5. The van der Waals surface area contributed by atoms with Crippen LogP contribution >= 0.6 is 0 Å². The highest BCUT2D eigenvalue weighted by molar-refractivity contribution is 5.80. The predicted molar refractivity (Wildman–Crippen MR) is 81.7 cm³/mol. The van der Waals surface area contributed by atoms with Crippen molar-refractivity contribution in [3.05, 3.63) is 28.3 Å². The minimum atomic E-state index is -0.354. The quantitative estimate of drug-likeness (QED) is 0.637. The SMILES string of the molecule is CCCNc1cccc(N2CCNC(=O)CC2)c1[N+](=O)[O-]. The summed E-state index contributed by atoms with van der Waals surface area (Å²) in [6.45, 7) is 4.26. The molecule has 1 aromatic carbocycles. The third kappa shape index (κ3) is 3.62. The van der Waals surface area contributed by atoms with Crippen LogP contribution in [0.3, 0.4) is 0 Å². The first-order valence-electron chi connectivity index (χ1n) is 7.16. The molecule has 1 aliphatic rings. The molecule has 0 aromatic heterocycles. The highest BCUT2D eigenvalue weighted by atomic mass is 16.6. The van der Waals surface area contributed by atoms with Gasteiger partial charge in [0.25, 0.3) is 0 Å². The van der Waals surface area contributed by atoms with Crippen LogP contribution in [0.1, 0.15) is 19.8 Å². The van der Waals surface area contributed by atoms with E-state index in [4.69, 9.17) is 0 Å². The lowest BCUT2D eigenvalue weighted by molar-refractivity contribution is -0.383. The maximum absolute atomic E-state index is 11.5. The molecule has 1 heterocycles. The fourth-order valence-electron chi connectivity index (χ4n) is 2.39. The summed E-state index contributed by atoms with van der Waals surface area (Å²) in [5.41, 5.74) is 1.18. The predicted octanol–water partition coefficient (Wildman–Crippen LogP) is 1.74. The van der Waals surface area contributed by atoms with Crippen LogP contribution in [0.5, 0.6) is 0 Å². The van der Waals surface area contributed by atoms with Gasteiger partial charge in [0.05, 0.1) is 4.92 Å². The van der Waals surface area contributed by atoms with Gasteiger partial charge < -0.3 is 15.5 Å². The van der Waals surface area contributed by atoms with Crippen LogP contribution in [0.4, 0.5) is 17.1 Å². The molecule has 0 aliphatic carbocycles. The molecule has 2 N–H and O–H groups in total. The molecule has 0 bridgehead atoms. The number of amides is 1. The van der Waals surface area contributed by atoms with Crippen LogP contribution in [-0.4, -0.2) is 37.0 Å². The molecule has 1 fully saturated rings. The van der Waals surface area contributed by atoms with Gasteiger partial charge in [0.15, 0.2) is 0 Å². The maximum atomic E-state index is 11.5. The molecule has 0 spiro atoms. The number of nitro benzene ring substituents is 1. The van der Waals surface area contributed by atoms with Crippen molar-refractivity contribution >= 4 is 23.0 Å². The van der Waals surface area contributed by atoms with Crippen LogP contribution in [-0.2, 0) is 4.79 Å². The zero-order valence-corrected chi connectivity index (χ0v) is 12.1. The van der Waals surface area contributed by atoms with Crippen LogP contribution in [0.15, 0.2) is 18.2 Å². The zero-order chi connectivity index (χ0) is 15.2. The number of nitro groups is 1. The first-order chi connectivity index (χ1) is 10.1. The third-order valence-electron chi connectivity index (χ3n) is 3.42. The lowest BCUT2D eigenvalue weighted by Crippen LogP contribution is -2.29. The van der Waals surface area contributed by atoms with E-state index in [1.165, 1.54) is 0 Å². The molecule has 0 unspecified atom stereocenters. The van der Waals surface area contributed by atoms with Gasteiger partial charge in [0.1, 0.15) is 11.4 Å². The molecule has 114 valence electrons. The molecular weight excluding hydrogens is 272 g/mol. The molecule has 0 radical (unpaired) electrons. The second-order valence-corrected chi connectivity index (χ2v) is 4.94. The Kier molecular flexibility index (Phi) is 4.97. The van der Waals surface area contributed by atoms with E-state index in [9.17, 15) is 14.9 Å². The van der Waals surface area contributed by atoms with E-state index in [-0.39, 0.29) is 16.5 Å². The van der Waals surface area contributed by atoms with Crippen molar-refractivity contribution in [2.45, 2.75) is 19.8 Å². The van der Waals surface area contributed by atoms with E-state index < -0.39 is 0 Å². The Balaban J connectivity index is 2.33. The van der Waals surface area contributed by atoms with Crippen molar-refractivity contribution in [3.8, 4) is 0 Å². The Morgan fingerprint density at radius 1 is 1.43 bits per heavy atom. The monoisotopic (exact) mass is 292 g/mol. The number of rotatable bonds is 5. The average molecular weight is 292 g/mol. The van der Waals surface area contributed by atoms with Gasteiger partial charge in [0, 0.05) is 32.6 Å². The molecule has 1 saturated heterocycles. The van der Waals surface area contributed by atoms with E-state index >= 15 is 0 Å². The minimum absolute atomic E-state index is 0.0135. The summed E-state index contributed by atoms with van der Waals surface area (Å²) in [5.74, 6) is -0.0135. The molecule has 2 rings (SSSR count). The van der Waals surface area contributed by atoms with Crippen molar-refractivity contribution < 1.29 is 9.72 Å². The van der Waals surface area contributed by atoms with Gasteiger partial charge in [-0.15, -0.1) is 0 Å². The minimum Gasteiger partial charge on any atom is -0.379 e. The van der Waals surface area contributed by atoms with Crippen molar-refractivity contribution in [1.82, 2.24) is 5.32 Å². The molecule has 1 aromatic rings. The van der Waals surface area contributed by atoms with Gasteiger partial charge in [-0.2, -0.15) is 0 Å². The van der Waals surface area contributed by atoms with Crippen molar-refractivity contribution in [2.75, 3.05) is 36.4 Å². The summed E-state index contributed by atoms with van der Waals surface area (Å²) < 4.78 is 0. The summed E-state index contributed by atoms with van der Waals surface area (Å²) in [6.07, 6.45) is 1.24. The highest BCUT2D eigenvalue weighted by Gasteiger charge is 2.25. The van der Waals surface area contributed by atoms with Crippen molar-refractivity contribution in [1.29, 1.82) is 0 Å². The summed E-state index contributed by atoms with van der Waals surface area (Å²) >= 11 is 0. The number of hydrogen-bond donors (Lipinski definition) is 2. The average Bonchev–Trinajstić information content (AvgIpc) is 2.69. The van der Waals surface area contributed by atoms with Gasteiger partial charge in [-0.1, -0.05) is 13.0 Å². The van der Waals surface area contributed by atoms with Gasteiger partial charge >= 0.3 is 5.69 Å². The molecule has 7 nitrogen and oxygen atoms in total. The third-order valence-corrected chi connectivity index (χ3v) is 3.42. The van der Waals surface area contributed by atoms with Crippen LogP contribution < -0.4 is 15.5 Å². The lowest BCUT2D eigenvalue weighted by Gasteiger charge is -2.22. The first-order valence-corrected chi connectivity index (χ1v) is 7.16. The smallest absolute Gasteiger partial charge is 0.315 e. The second-order valence-electron chi connectivity index (χ2n) is 4.94. The van der Waals surface area contributed by atoms with Gasteiger partial charge in [-0.05, 0) is 18.6 Å². The number of carbonyl (C=O) groups is 1. The van der Waals surface area contributed by atoms with Crippen LogP contribution in [0.2, 0.25) is 0 Å². The molecule has 0 atom stereocenters. The van der Waals surface area contributed by atoms with Crippen molar-refractivity contribution in [2.24, 2.45) is 0 Å². The second kappa shape index (κ2) is 6.92. The normalized spacial score (nSPS) is 15.3.